The second-order valence-electron chi connectivity index (χ2n) is 8.40. The van der Waals surface area contributed by atoms with E-state index in [-0.39, 0.29) is 11.3 Å². The highest BCUT2D eigenvalue weighted by molar-refractivity contribution is 6.04. The van der Waals surface area contributed by atoms with Crippen LogP contribution in [0.2, 0.25) is 0 Å². The van der Waals surface area contributed by atoms with E-state index in [0.29, 0.717) is 11.3 Å². The molecule has 0 aromatic heterocycles. The predicted octanol–water partition coefficient (Wildman–Crippen LogP) is 5.12. The molecule has 34 heavy (non-hydrogen) atoms. The average Bonchev–Trinajstić information content (AvgIpc) is 3.19. The van der Waals surface area contributed by atoms with E-state index in [4.69, 9.17) is 4.74 Å². The minimum absolute atomic E-state index is 0.178. The Balaban J connectivity index is 1.78. The van der Waals surface area contributed by atoms with Crippen molar-refractivity contribution in [2.45, 2.75) is 18.0 Å². The van der Waals surface area contributed by atoms with Crippen molar-refractivity contribution in [1.82, 2.24) is 0 Å². The molecule has 0 N–H and O–H groups in total. The normalized spacial score (nSPS) is 21.6. The highest BCUT2D eigenvalue weighted by atomic mass is 19.1. The molecule has 2 aliphatic rings. The number of ketones is 1. The number of anilines is 1. The fourth-order valence-corrected chi connectivity index (χ4v) is 5.23. The average molecular weight is 449 g/mol. The van der Waals surface area contributed by atoms with Gasteiger partial charge in [0.05, 0.1) is 25.3 Å². The maximum Gasteiger partial charge on any atom is 0.185 e. The molecule has 0 aliphatic carbocycles. The van der Waals surface area contributed by atoms with E-state index >= 15 is 4.39 Å². The van der Waals surface area contributed by atoms with Crippen LogP contribution in [0.25, 0.3) is 6.08 Å². The van der Waals surface area contributed by atoms with Crippen molar-refractivity contribution < 1.29 is 13.9 Å². The third-order valence-corrected chi connectivity index (χ3v) is 6.80. The Morgan fingerprint density at radius 1 is 1.00 bits per heavy atom. The van der Waals surface area contributed by atoms with Gasteiger partial charge in [-0.25, -0.2) is 4.39 Å². The number of fused-ring (bicyclic) bond motifs is 3. The van der Waals surface area contributed by atoms with Crippen LogP contribution in [0.3, 0.4) is 0 Å². The van der Waals surface area contributed by atoms with Crippen LogP contribution in [-0.2, 0) is 0 Å². The molecule has 1 saturated heterocycles. The summed E-state index contributed by atoms with van der Waals surface area (Å²) in [6.45, 7) is 0. The summed E-state index contributed by atoms with van der Waals surface area (Å²) >= 11 is 0. The maximum absolute atomic E-state index is 15.2. The zero-order valence-electron chi connectivity index (χ0n) is 18.4. The van der Waals surface area contributed by atoms with Gasteiger partial charge in [-0.15, -0.1) is 0 Å². The minimum Gasteiger partial charge on any atom is -0.497 e. The number of nitrogens with zero attached hydrogens (tertiary/aromatic N) is 3. The molecule has 5 rings (SSSR count). The monoisotopic (exact) mass is 449 g/mol. The predicted molar refractivity (Wildman–Crippen MR) is 126 cm³/mol. The minimum atomic E-state index is -1.68. The molecule has 0 bridgehead atoms. The van der Waals surface area contributed by atoms with Crippen LogP contribution >= 0.6 is 0 Å². The van der Waals surface area contributed by atoms with Gasteiger partial charge in [0, 0.05) is 17.2 Å². The number of nitriles is 2. The Morgan fingerprint density at radius 2 is 1.68 bits per heavy atom. The van der Waals surface area contributed by atoms with Gasteiger partial charge in [0.2, 0.25) is 0 Å². The molecular formula is C28H20FN3O2. The number of benzene rings is 3. The van der Waals surface area contributed by atoms with Crippen LogP contribution in [0, 0.1) is 33.9 Å². The van der Waals surface area contributed by atoms with Gasteiger partial charge in [0.25, 0.3) is 0 Å². The lowest BCUT2D eigenvalue weighted by atomic mass is 9.69. The first-order chi connectivity index (χ1) is 16.6. The molecule has 0 radical (unpaired) electrons. The summed E-state index contributed by atoms with van der Waals surface area (Å²) in [7, 11) is 1.54. The Morgan fingerprint density at radius 3 is 2.35 bits per heavy atom. The van der Waals surface area contributed by atoms with E-state index in [9.17, 15) is 15.3 Å². The van der Waals surface area contributed by atoms with E-state index in [1.807, 2.05) is 35.2 Å². The van der Waals surface area contributed by atoms with Gasteiger partial charge in [-0.1, -0.05) is 48.6 Å². The van der Waals surface area contributed by atoms with Crippen LogP contribution in [0.4, 0.5) is 10.1 Å². The van der Waals surface area contributed by atoms with E-state index in [2.05, 4.69) is 12.1 Å². The molecule has 0 unspecified atom stereocenters. The van der Waals surface area contributed by atoms with Crippen molar-refractivity contribution in [2.75, 3.05) is 12.0 Å². The standard InChI is InChI=1S/C28H20FN3O2/c1-34-20-13-10-19(11-14-20)27(33)26-25(21-7-3-4-8-22(21)29)28(16-30,17-31)24-15-12-18-6-2-5-9-23(18)32(24)26/h2-15,24-26H,1H3/t24-,25-,26+/m1/s1. The zero-order chi connectivity index (χ0) is 23.9. The van der Waals surface area contributed by atoms with Gasteiger partial charge in [-0.3, -0.25) is 4.79 Å². The van der Waals surface area contributed by atoms with Crippen molar-refractivity contribution in [3.63, 3.8) is 0 Å². The first-order valence-electron chi connectivity index (χ1n) is 10.9. The smallest absolute Gasteiger partial charge is 0.185 e. The molecular weight excluding hydrogens is 429 g/mol. The summed E-state index contributed by atoms with van der Waals surface area (Å²) in [5, 5.41) is 20.8. The largest absolute Gasteiger partial charge is 0.497 e. The fourth-order valence-electron chi connectivity index (χ4n) is 5.23. The second kappa shape index (κ2) is 8.17. The first kappa shape index (κ1) is 21.4. The summed E-state index contributed by atoms with van der Waals surface area (Å²) in [6.07, 6.45) is 3.64. The Labute approximate surface area is 196 Å². The molecule has 6 heteroatoms. The number of methoxy groups -OCH3 is 1. The molecule has 3 aromatic carbocycles. The molecule has 3 atom stereocenters. The lowest BCUT2D eigenvalue weighted by molar-refractivity contribution is 0.0950. The van der Waals surface area contributed by atoms with Crippen molar-refractivity contribution in [1.29, 1.82) is 10.5 Å². The molecule has 0 spiro atoms. The Kier molecular flexibility index (Phi) is 5.15. The van der Waals surface area contributed by atoms with E-state index in [0.717, 1.165) is 11.3 Å². The summed E-state index contributed by atoms with van der Waals surface area (Å²) in [5.74, 6) is -1.26. The van der Waals surface area contributed by atoms with Crippen molar-refractivity contribution in [3.05, 3.63) is 101 Å². The van der Waals surface area contributed by atoms with Crippen LogP contribution in [0.1, 0.15) is 27.4 Å². The number of hydrogen-bond donors (Lipinski definition) is 0. The third kappa shape index (κ3) is 3.00. The van der Waals surface area contributed by atoms with Crippen molar-refractivity contribution >= 4 is 17.5 Å². The second-order valence-corrected chi connectivity index (χ2v) is 8.40. The number of carbonyl (C=O) groups is 1. The van der Waals surface area contributed by atoms with Gasteiger partial charge >= 0.3 is 0 Å². The van der Waals surface area contributed by atoms with Gasteiger partial charge in [-0.05, 0) is 47.5 Å². The van der Waals surface area contributed by atoms with Gasteiger partial charge in [-0.2, -0.15) is 10.5 Å². The van der Waals surface area contributed by atoms with Gasteiger partial charge in [0.15, 0.2) is 11.2 Å². The summed E-state index contributed by atoms with van der Waals surface area (Å²) in [4.78, 5) is 15.9. The lowest BCUT2D eigenvalue weighted by Crippen LogP contribution is -2.44. The van der Waals surface area contributed by atoms with E-state index in [1.165, 1.54) is 13.2 Å². The van der Waals surface area contributed by atoms with Gasteiger partial charge in [0.1, 0.15) is 17.6 Å². The molecule has 166 valence electrons. The van der Waals surface area contributed by atoms with Crippen LogP contribution in [0.15, 0.2) is 78.9 Å². The van der Waals surface area contributed by atoms with Crippen molar-refractivity contribution in [2.24, 2.45) is 5.41 Å². The summed E-state index contributed by atoms with van der Waals surface area (Å²) < 4.78 is 20.4. The molecule has 0 saturated carbocycles. The van der Waals surface area contributed by atoms with Crippen LogP contribution < -0.4 is 9.64 Å². The summed E-state index contributed by atoms with van der Waals surface area (Å²) in [5.41, 5.74) is 0.488. The molecule has 2 heterocycles. The molecule has 1 fully saturated rings. The highest BCUT2D eigenvalue weighted by Crippen LogP contribution is 2.55. The van der Waals surface area contributed by atoms with Gasteiger partial charge < -0.3 is 9.64 Å². The Hall–Kier alpha value is -4.42. The Bertz CT molecular complexity index is 1370. The number of carbonyl (C=O) groups excluding carboxylic acids is 1. The first-order valence-corrected chi connectivity index (χ1v) is 10.9. The molecule has 2 aliphatic heterocycles. The molecule has 0 amide bonds. The zero-order valence-corrected chi connectivity index (χ0v) is 18.4. The molecule has 3 aromatic rings. The quantitative estimate of drug-likeness (QED) is 0.517. The number of para-hydroxylation sites is 1. The van der Waals surface area contributed by atoms with Crippen LogP contribution in [-0.4, -0.2) is 25.0 Å². The van der Waals surface area contributed by atoms with E-state index in [1.54, 1.807) is 48.5 Å². The number of ether oxygens (including phenoxy) is 1. The fraction of sp³-hybridized carbons (Fsp3) is 0.179. The number of hydrogen-bond acceptors (Lipinski definition) is 5. The SMILES string of the molecule is COc1ccc(C(=O)[C@@H]2[C@@H](c3ccccc3F)C(C#N)(C#N)[C@H]3C=Cc4ccccc4N23)cc1. The number of halogens is 1. The van der Waals surface area contributed by atoms with E-state index < -0.39 is 29.2 Å². The third-order valence-electron chi connectivity index (χ3n) is 6.80. The van der Waals surface area contributed by atoms with Crippen LogP contribution in [0.5, 0.6) is 5.75 Å². The topological polar surface area (TPSA) is 77.1 Å². The molecule has 5 nitrogen and oxygen atoms in total. The lowest BCUT2D eigenvalue weighted by Gasteiger charge is -2.35. The highest BCUT2D eigenvalue weighted by Gasteiger charge is 2.63. The maximum atomic E-state index is 15.2. The number of rotatable bonds is 4. The summed E-state index contributed by atoms with van der Waals surface area (Å²) in [6, 6.07) is 22.9. The number of Topliss-reactive ketones (excluding diaryl/α,β-unsaturated/α-hetero) is 1. The van der Waals surface area contributed by atoms with Crippen molar-refractivity contribution in [3.8, 4) is 17.9 Å².